The van der Waals surface area contributed by atoms with Crippen LogP contribution in [-0.4, -0.2) is 34.6 Å². The molecule has 4 rings (SSSR count). The van der Waals surface area contributed by atoms with Crippen LogP contribution in [0.3, 0.4) is 0 Å². The van der Waals surface area contributed by atoms with Gasteiger partial charge in [-0.25, -0.2) is 4.98 Å². The largest absolute Gasteiger partial charge is 0.387 e. The van der Waals surface area contributed by atoms with Crippen molar-refractivity contribution in [3.8, 4) is 0 Å². The monoisotopic (exact) mass is 457 g/mol. The topological polar surface area (TPSA) is 54.8 Å². The number of benzene rings is 1. The van der Waals surface area contributed by atoms with Crippen molar-refractivity contribution in [2.75, 3.05) is 13.1 Å². The SMILES string of the molecule is CC(=O)N1CCC(c2nc(C3=NOC(c4c(Cl)cc(Cl)cc4Cl)C3)cs2)CC1. The van der Waals surface area contributed by atoms with Crippen molar-refractivity contribution in [1.82, 2.24) is 9.88 Å². The number of hydrogen-bond donors (Lipinski definition) is 0. The number of carbonyl (C=O) groups excluding carboxylic acids is 1. The van der Waals surface area contributed by atoms with Gasteiger partial charge in [0.25, 0.3) is 0 Å². The summed E-state index contributed by atoms with van der Waals surface area (Å²) >= 11 is 20.2. The molecule has 2 aromatic rings. The summed E-state index contributed by atoms with van der Waals surface area (Å²) in [6.45, 7) is 3.19. The fourth-order valence-corrected chi connectivity index (χ4v) is 5.65. The molecule has 1 unspecified atom stereocenters. The first-order valence-electron chi connectivity index (χ1n) is 9.01. The predicted octanol–water partition coefficient (Wildman–Crippen LogP) is 5.69. The van der Waals surface area contributed by atoms with E-state index in [2.05, 4.69) is 5.16 Å². The fourth-order valence-electron chi connectivity index (χ4n) is 3.59. The van der Waals surface area contributed by atoms with Gasteiger partial charge in [-0.15, -0.1) is 11.3 Å². The van der Waals surface area contributed by atoms with Crippen molar-refractivity contribution in [3.05, 3.63) is 48.8 Å². The molecule has 2 aliphatic heterocycles. The summed E-state index contributed by atoms with van der Waals surface area (Å²) in [5.74, 6) is 0.523. The molecule has 3 heterocycles. The predicted molar refractivity (Wildman–Crippen MR) is 113 cm³/mol. The van der Waals surface area contributed by atoms with E-state index < -0.39 is 0 Å². The van der Waals surface area contributed by atoms with Crippen LogP contribution in [0.2, 0.25) is 15.1 Å². The highest BCUT2D eigenvalue weighted by atomic mass is 35.5. The normalized spacial score (nSPS) is 20.2. The van der Waals surface area contributed by atoms with E-state index in [1.165, 1.54) is 0 Å². The van der Waals surface area contributed by atoms with Gasteiger partial charge >= 0.3 is 0 Å². The first kappa shape index (κ1) is 20.0. The van der Waals surface area contributed by atoms with Crippen LogP contribution >= 0.6 is 46.1 Å². The Bertz CT molecular complexity index is 915. The zero-order chi connectivity index (χ0) is 19.8. The van der Waals surface area contributed by atoms with Crippen LogP contribution in [-0.2, 0) is 9.63 Å². The van der Waals surface area contributed by atoms with E-state index in [0.717, 1.165) is 42.3 Å². The van der Waals surface area contributed by atoms with Crippen LogP contribution in [0.4, 0.5) is 0 Å². The maximum absolute atomic E-state index is 11.5. The lowest BCUT2D eigenvalue weighted by atomic mass is 9.97. The van der Waals surface area contributed by atoms with Gasteiger partial charge < -0.3 is 9.74 Å². The van der Waals surface area contributed by atoms with Crippen molar-refractivity contribution in [2.45, 2.75) is 38.2 Å². The summed E-state index contributed by atoms with van der Waals surface area (Å²) in [5.41, 5.74) is 2.31. The number of carbonyl (C=O) groups is 1. The molecular formula is C19H18Cl3N3O2S. The molecule has 148 valence electrons. The van der Waals surface area contributed by atoms with Crippen LogP contribution in [0.15, 0.2) is 22.7 Å². The standard InChI is InChI=1S/C19H18Cl3N3O2S/c1-10(26)25-4-2-11(3-5-25)19-23-16(9-28-19)15-8-17(27-24-15)18-13(21)6-12(20)7-14(18)22/h6-7,9,11,17H,2-5,8H2,1H3. The maximum atomic E-state index is 11.5. The third-order valence-corrected chi connectivity index (χ3v) is 6.99. The Balaban J connectivity index is 1.44. The lowest BCUT2D eigenvalue weighted by Crippen LogP contribution is -2.36. The van der Waals surface area contributed by atoms with Crippen LogP contribution in [0.25, 0.3) is 0 Å². The molecule has 0 saturated carbocycles. The van der Waals surface area contributed by atoms with Crippen LogP contribution in [0.1, 0.15) is 54.5 Å². The van der Waals surface area contributed by atoms with Gasteiger partial charge in [0.1, 0.15) is 5.71 Å². The Morgan fingerprint density at radius 3 is 2.54 bits per heavy atom. The zero-order valence-electron chi connectivity index (χ0n) is 15.1. The molecule has 0 aliphatic carbocycles. The Morgan fingerprint density at radius 2 is 1.89 bits per heavy atom. The van der Waals surface area contributed by atoms with Crippen molar-refractivity contribution < 1.29 is 9.63 Å². The van der Waals surface area contributed by atoms with E-state index in [1.807, 2.05) is 10.3 Å². The minimum absolute atomic E-state index is 0.140. The molecule has 0 radical (unpaired) electrons. The molecule has 2 aliphatic rings. The molecule has 28 heavy (non-hydrogen) atoms. The second-order valence-corrected chi connectivity index (χ2v) is 9.11. The van der Waals surface area contributed by atoms with E-state index in [1.54, 1.807) is 30.4 Å². The second kappa shape index (κ2) is 8.19. The molecule has 5 nitrogen and oxygen atoms in total. The van der Waals surface area contributed by atoms with E-state index in [4.69, 9.17) is 44.6 Å². The first-order valence-corrected chi connectivity index (χ1v) is 11.0. The molecule has 1 saturated heterocycles. The molecule has 9 heteroatoms. The quantitative estimate of drug-likeness (QED) is 0.593. The number of hydrogen-bond acceptors (Lipinski definition) is 5. The van der Waals surface area contributed by atoms with Gasteiger partial charge in [0.05, 0.1) is 20.7 Å². The molecule has 1 aromatic heterocycles. The van der Waals surface area contributed by atoms with Crippen molar-refractivity contribution in [2.24, 2.45) is 5.16 Å². The number of nitrogens with zero attached hydrogens (tertiary/aromatic N) is 3. The third kappa shape index (κ3) is 4.01. The minimum atomic E-state index is -0.351. The number of piperidine rings is 1. The molecule has 0 spiro atoms. The Kier molecular flexibility index (Phi) is 5.83. The fraction of sp³-hybridized carbons (Fsp3) is 0.421. The van der Waals surface area contributed by atoms with Crippen LogP contribution in [0, 0.1) is 0 Å². The molecular weight excluding hydrogens is 441 g/mol. The number of thiazole rings is 1. The molecule has 0 N–H and O–H groups in total. The smallest absolute Gasteiger partial charge is 0.219 e. The van der Waals surface area contributed by atoms with Gasteiger partial charge in [-0.3, -0.25) is 4.79 Å². The van der Waals surface area contributed by atoms with Gasteiger partial charge in [-0.2, -0.15) is 0 Å². The van der Waals surface area contributed by atoms with Crippen LogP contribution in [0.5, 0.6) is 0 Å². The Labute approximate surface area is 182 Å². The van der Waals surface area contributed by atoms with Gasteiger partial charge in [0.15, 0.2) is 6.10 Å². The third-order valence-electron chi connectivity index (χ3n) is 5.14. The summed E-state index contributed by atoms with van der Waals surface area (Å²) in [7, 11) is 0. The van der Waals surface area contributed by atoms with Crippen molar-refractivity contribution in [1.29, 1.82) is 0 Å². The number of rotatable bonds is 3. The van der Waals surface area contributed by atoms with Gasteiger partial charge in [0.2, 0.25) is 5.91 Å². The molecule has 1 amide bonds. The molecule has 1 fully saturated rings. The highest BCUT2D eigenvalue weighted by Crippen LogP contribution is 2.40. The number of oxime groups is 1. The summed E-state index contributed by atoms with van der Waals surface area (Å²) in [6.07, 6.45) is 2.08. The summed E-state index contributed by atoms with van der Waals surface area (Å²) in [4.78, 5) is 23.8. The first-order chi connectivity index (χ1) is 13.4. The van der Waals surface area contributed by atoms with Crippen molar-refractivity contribution >= 4 is 57.8 Å². The maximum Gasteiger partial charge on any atom is 0.219 e. The molecule has 0 bridgehead atoms. The summed E-state index contributed by atoms with van der Waals surface area (Å²) < 4.78 is 0. The van der Waals surface area contributed by atoms with E-state index in [-0.39, 0.29) is 12.0 Å². The van der Waals surface area contributed by atoms with Crippen molar-refractivity contribution in [3.63, 3.8) is 0 Å². The van der Waals surface area contributed by atoms with E-state index >= 15 is 0 Å². The minimum Gasteiger partial charge on any atom is -0.387 e. The molecule has 1 aromatic carbocycles. The van der Waals surface area contributed by atoms with Gasteiger partial charge in [-0.05, 0) is 25.0 Å². The lowest BCUT2D eigenvalue weighted by molar-refractivity contribution is -0.129. The Morgan fingerprint density at radius 1 is 1.21 bits per heavy atom. The Hall–Kier alpha value is -1.34. The highest BCUT2D eigenvalue weighted by Gasteiger charge is 2.30. The number of amides is 1. The zero-order valence-corrected chi connectivity index (χ0v) is 18.2. The van der Waals surface area contributed by atoms with E-state index in [9.17, 15) is 4.79 Å². The second-order valence-electron chi connectivity index (χ2n) is 6.97. The number of likely N-dealkylation sites (tertiary alicyclic amines) is 1. The van der Waals surface area contributed by atoms with E-state index in [0.29, 0.717) is 33.0 Å². The van der Waals surface area contributed by atoms with Gasteiger partial charge in [-0.1, -0.05) is 40.0 Å². The van der Waals surface area contributed by atoms with Gasteiger partial charge in [0, 0.05) is 48.3 Å². The van der Waals surface area contributed by atoms with Crippen LogP contribution < -0.4 is 0 Å². The number of aromatic nitrogens is 1. The molecule has 1 atom stereocenters. The lowest BCUT2D eigenvalue weighted by Gasteiger charge is -2.30. The highest BCUT2D eigenvalue weighted by molar-refractivity contribution is 7.10. The summed E-state index contributed by atoms with van der Waals surface area (Å²) in [5, 5.41) is 8.75. The summed E-state index contributed by atoms with van der Waals surface area (Å²) in [6, 6.07) is 3.31. The average Bonchev–Trinajstić information content (AvgIpc) is 3.30. The average molecular weight is 459 g/mol. The number of halogens is 3.